The van der Waals surface area contributed by atoms with Crippen LogP contribution in [0.15, 0.2) is 46.3 Å². The maximum absolute atomic E-state index is 12.8. The van der Waals surface area contributed by atoms with Gasteiger partial charge in [0.25, 0.3) is 5.91 Å². The number of hydrogen-bond acceptors (Lipinski definition) is 7. The Balaban J connectivity index is 1.77. The molecule has 0 unspecified atom stereocenters. The summed E-state index contributed by atoms with van der Waals surface area (Å²) in [4.78, 5) is 30.9. The second-order valence-electron chi connectivity index (χ2n) is 6.61. The lowest BCUT2D eigenvalue weighted by Gasteiger charge is -2.18. The number of thioether (sulfide) groups is 1. The van der Waals surface area contributed by atoms with Crippen LogP contribution in [0.25, 0.3) is 10.2 Å². The van der Waals surface area contributed by atoms with E-state index in [4.69, 9.17) is 14.2 Å². The zero-order valence-corrected chi connectivity index (χ0v) is 18.9. The first-order valence-corrected chi connectivity index (χ1v) is 11.8. The molecule has 0 spiro atoms. The molecule has 0 aliphatic carbocycles. The van der Waals surface area contributed by atoms with Gasteiger partial charge in [0.1, 0.15) is 19.8 Å². The maximum atomic E-state index is 12.8. The lowest BCUT2D eigenvalue weighted by Crippen LogP contribution is -2.23. The molecule has 1 aromatic heterocycles. The lowest BCUT2D eigenvalue weighted by molar-refractivity contribution is -0.143. The third-order valence-electron chi connectivity index (χ3n) is 4.55. The van der Waals surface area contributed by atoms with Gasteiger partial charge in [-0.3, -0.25) is 9.59 Å². The number of hydrogen-bond donors (Lipinski definition) is 0. The molecule has 1 amide bonds. The summed E-state index contributed by atoms with van der Waals surface area (Å²) in [6, 6.07) is 11.0. The number of fused-ring (bicyclic) bond motifs is 2. The minimum absolute atomic E-state index is 0.0499. The summed E-state index contributed by atoms with van der Waals surface area (Å²) in [5.74, 6) is 1.45. The van der Waals surface area contributed by atoms with Crippen LogP contribution in [0.2, 0.25) is 0 Å². The van der Waals surface area contributed by atoms with Crippen molar-refractivity contribution in [2.75, 3.05) is 25.6 Å². The number of ether oxygens (including phenoxy) is 3. The summed E-state index contributed by atoms with van der Waals surface area (Å²) in [6.07, 6.45) is 0. The fourth-order valence-corrected chi connectivity index (χ4v) is 4.89. The molecule has 0 N–H and O–H groups in total. The van der Waals surface area contributed by atoms with E-state index >= 15 is 0 Å². The van der Waals surface area contributed by atoms with Gasteiger partial charge in [-0.25, -0.2) is 0 Å². The van der Waals surface area contributed by atoms with Crippen LogP contribution in [0, 0.1) is 0 Å². The van der Waals surface area contributed by atoms with E-state index in [2.05, 4.69) is 11.9 Å². The van der Waals surface area contributed by atoms with Crippen molar-refractivity contribution in [3.8, 4) is 11.5 Å². The monoisotopic (exact) mass is 458 g/mol. The number of carbonyl (C=O) groups is 2. The Morgan fingerprint density at radius 1 is 1.13 bits per heavy atom. The van der Waals surface area contributed by atoms with Crippen molar-refractivity contribution in [3.63, 3.8) is 0 Å². The molecule has 2 heterocycles. The lowest BCUT2D eigenvalue weighted by atomic mass is 10.2. The Hall–Kier alpha value is -2.78. The number of benzene rings is 2. The Kier molecular flexibility index (Phi) is 6.62. The molecule has 4 rings (SSSR count). The summed E-state index contributed by atoms with van der Waals surface area (Å²) < 4.78 is 19.0. The molecule has 1 aliphatic rings. The Labute approximate surface area is 187 Å². The zero-order valence-electron chi connectivity index (χ0n) is 17.3. The topological polar surface area (TPSA) is 79.1 Å². The highest BCUT2D eigenvalue weighted by atomic mass is 32.2. The van der Waals surface area contributed by atoms with Crippen molar-refractivity contribution in [1.82, 2.24) is 4.57 Å². The Bertz CT molecular complexity index is 1180. The average molecular weight is 459 g/mol. The molecule has 0 radical (unpaired) electrons. The van der Waals surface area contributed by atoms with E-state index in [0.717, 1.165) is 20.9 Å². The first-order valence-electron chi connectivity index (χ1n) is 9.99. The predicted molar refractivity (Wildman–Crippen MR) is 120 cm³/mol. The van der Waals surface area contributed by atoms with Gasteiger partial charge in [-0.15, -0.1) is 11.8 Å². The number of esters is 1. The minimum atomic E-state index is -0.396. The molecule has 31 heavy (non-hydrogen) atoms. The number of thiazole rings is 1. The molecule has 0 fully saturated rings. The van der Waals surface area contributed by atoms with Crippen molar-refractivity contribution >= 4 is 45.2 Å². The zero-order chi connectivity index (χ0) is 21.8. The molecule has 2 aromatic carbocycles. The van der Waals surface area contributed by atoms with Crippen molar-refractivity contribution in [3.05, 3.63) is 46.8 Å². The fourth-order valence-electron chi connectivity index (χ4n) is 3.19. The van der Waals surface area contributed by atoms with Gasteiger partial charge in [0.15, 0.2) is 16.3 Å². The summed E-state index contributed by atoms with van der Waals surface area (Å²) >= 11 is 3.03. The number of carbonyl (C=O) groups excluding carboxylic acids is 2. The predicted octanol–water partition coefficient (Wildman–Crippen LogP) is 3.89. The molecule has 0 saturated carbocycles. The van der Waals surface area contributed by atoms with E-state index in [9.17, 15) is 9.59 Å². The second kappa shape index (κ2) is 9.57. The molecular formula is C22H22N2O5S2. The van der Waals surface area contributed by atoms with Gasteiger partial charge in [0.2, 0.25) is 0 Å². The molecule has 9 heteroatoms. The highest BCUT2D eigenvalue weighted by Crippen LogP contribution is 2.35. The Morgan fingerprint density at radius 2 is 1.84 bits per heavy atom. The van der Waals surface area contributed by atoms with Gasteiger partial charge < -0.3 is 18.8 Å². The van der Waals surface area contributed by atoms with Crippen LogP contribution in [-0.4, -0.2) is 42.0 Å². The van der Waals surface area contributed by atoms with Crippen LogP contribution in [0.4, 0.5) is 0 Å². The van der Waals surface area contributed by atoms with Gasteiger partial charge in [-0.1, -0.05) is 18.3 Å². The van der Waals surface area contributed by atoms with E-state index in [1.807, 2.05) is 24.3 Å². The molecule has 0 bridgehead atoms. The van der Waals surface area contributed by atoms with E-state index in [1.165, 1.54) is 11.3 Å². The average Bonchev–Trinajstić information content (AvgIpc) is 3.08. The van der Waals surface area contributed by atoms with Crippen LogP contribution in [0.1, 0.15) is 24.2 Å². The van der Waals surface area contributed by atoms with E-state index in [0.29, 0.717) is 35.1 Å². The minimum Gasteiger partial charge on any atom is -0.486 e. The molecule has 162 valence electrons. The maximum Gasteiger partial charge on any atom is 0.326 e. The number of aromatic nitrogens is 1. The van der Waals surface area contributed by atoms with Crippen molar-refractivity contribution < 1.29 is 23.8 Å². The summed E-state index contributed by atoms with van der Waals surface area (Å²) in [5.41, 5.74) is 1.23. The standard InChI is InChI=1S/C22H22N2O5S2/c1-3-27-20(25)13-24-16-11-17-18(29-10-9-28-17)12-19(16)31-22(24)23-21(26)14-5-7-15(8-6-14)30-4-2/h5-8,11-12H,3-4,9-10,13H2,1-2H3. The summed E-state index contributed by atoms with van der Waals surface area (Å²) in [6.45, 7) is 5.01. The van der Waals surface area contributed by atoms with Gasteiger partial charge in [0.05, 0.1) is 16.8 Å². The summed E-state index contributed by atoms with van der Waals surface area (Å²) in [5, 5.41) is 0. The first-order chi connectivity index (χ1) is 15.1. The van der Waals surface area contributed by atoms with Crippen LogP contribution in [0.5, 0.6) is 11.5 Å². The molecule has 1 aliphatic heterocycles. The van der Waals surface area contributed by atoms with E-state index in [-0.39, 0.29) is 19.1 Å². The SMILES string of the molecule is CCOC(=O)Cn1c(=NC(=O)c2ccc(SCC)cc2)sc2cc3c(cc21)OCCO3. The van der Waals surface area contributed by atoms with Gasteiger partial charge in [0, 0.05) is 22.6 Å². The summed E-state index contributed by atoms with van der Waals surface area (Å²) in [7, 11) is 0. The van der Waals surface area contributed by atoms with Crippen LogP contribution in [0.3, 0.4) is 0 Å². The number of amides is 1. The van der Waals surface area contributed by atoms with Gasteiger partial charge >= 0.3 is 5.97 Å². The highest BCUT2D eigenvalue weighted by molar-refractivity contribution is 7.99. The Morgan fingerprint density at radius 3 is 2.52 bits per heavy atom. The first kappa shape index (κ1) is 21.5. The molecular weight excluding hydrogens is 436 g/mol. The van der Waals surface area contributed by atoms with Crippen LogP contribution < -0.4 is 14.3 Å². The second-order valence-corrected chi connectivity index (χ2v) is 8.96. The van der Waals surface area contributed by atoms with Crippen molar-refractivity contribution in [2.45, 2.75) is 25.3 Å². The van der Waals surface area contributed by atoms with Crippen molar-refractivity contribution in [1.29, 1.82) is 0 Å². The molecule has 0 atom stereocenters. The highest BCUT2D eigenvalue weighted by Gasteiger charge is 2.18. The number of rotatable bonds is 6. The van der Waals surface area contributed by atoms with Gasteiger partial charge in [-0.2, -0.15) is 4.99 Å². The third kappa shape index (κ3) is 4.77. The van der Waals surface area contributed by atoms with Crippen LogP contribution >= 0.6 is 23.1 Å². The largest absolute Gasteiger partial charge is 0.486 e. The normalized spacial score (nSPS) is 13.4. The fraction of sp³-hybridized carbons (Fsp3) is 0.318. The van der Waals surface area contributed by atoms with E-state index in [1.54, 1.807) is 35.4 Å². The van der Waals surface area contributed by atoms with E-state index < -0.39 is 5.97 Å². The third-order valence-corrected chi connectivity index (χ3v) is 6.48. The molecule has 7 nitrogen and oxygen atoms in total. The molecule has 0 saturated heterocycles. The molecule has 3 aromatic rings. The van der Waals surface area contributed by atoms with Crippen LogP contribution in [-0.2, 0) is 16.1 Å². The van der Waals surface area contributed by atoms with Gasteiger partial charge in [-0.05, 0) is 36.9 Å². The smallest absolute Gasteiger partial charge is 0.326 e. The number of nitrogens with zero attached hydrogens (tertiary/aromatic N) is 2. The van der Waals surface area contributed by atoms with Crippen molar-refractivity contribution in [2.24, 2.45) is 4.99 Å². The quantitative estimate of drug-likeness (QED) is 0.412.